The van der Waals surface area contributed by atoms with Crippen LogP contribution in [0.15, 0.2) is 28.8 Å². The molecule has 1 saturated heterocycles. The lowest BCUT2D eigenvalue weighted by Crippen LogP contribution is -2.52. The summed E-state index contributed by atoms with van der Waals surface area (Å²) in [5.74, 6) is 3.00. The van der Waals surface area contributed by atoms with Crippen molar-refractivity contribution in [3.8, 4) is 17.2 Å². The van der Waals surface area contributed by atoms with Crippen molar-refractivity contribution in [2.75, 3.05) is 74.3 Å². The molecule has 1 N–H and O–H groups in total. The van der Waals surface area contributed by atoms with E-state index in [1.807, 2.05) is 19.2 Å². The molecule has 1 fully saturated rings. The molecule has 3 rings (SSSR count). The van der Waals surface area contributed by atoms with Gasteiger partial charge >= 0.3 is 0 Å². The highest BCUT2D eigenvalue weighted by Crippen LogP contribution is 2.38. The van der Waals surface area contributed by atoms with Crippen molar-refractivity contribution < 1.29 is 18.9 Å². The molecule has 31 heavy (non-hydrogen) atoms. The smallest absolute Gasteiger partial charge is 0.203 e. The first-order chi connectivity index (χ1) is 15.2. The Morgan fingerprint density at radius 2 is 1.77 bits per heavy atom. The van der Waals surface area contributed by atoms with Crippen molar-refractivity contribution in [1.29, 1.82) is 0 Å². The molecule has 0 saturated carbocycles. The maximum absolute atomic E-state index is 5.49. The number of piperazine rings is 1. The Hall–Kier alpha value is -2.45. The third-order valence-electron chi connectivity index (χ3n) is 5.80. The minimum atomic E-state index is 0.630. The molecule has 1 aromatic carbocycles. The van der Waals surface area contributed by atoms with Crippen molar-refractivity contribution in [2.24, 2.45) is 4.99 Å². The van der Waals surface area contributed by atoms with Gasteiger partial charge in [-0.05, 0) is 30.5 Å². The monoisotopic (exact) mass is 432 g/mol. The second-order valence-electron chi connectivity index (χ2n) is 7.71. The summed E-state index contributed by atoms with van der Waals surface area (Å²) in [5.41, 5.74) is 2.62. The molecule has 8 heteroatoms. The zero-order valence-electron chi connectivity index (χ0n) is 19.3. The number of ether oxygens (including phenoxy) is 4. The Morgan fingerprint density at radius 3 is 2.32 bits per heavy atom. The van der Waals surface area contributed by atoms with Crippen molar-refractivity contribution >= 4 is 5.96 Å². The van der Waals surface area contributed by atoms with Crippen molar-refractivity contribution in [3.63, 3.8) is 0 Å². The molecular formula is C23H36N4O4. The molecule has 8 nitrogen and oxygen atoms in total. The zero-order chi connectivity index (χ0) is 22.1. The van der Waals surface area contributed by atoms with Crippen LogP contribution in [0.4, 0.5) is 0 Å². The molecule has 0 bridgehead atoms. The number of hydrogen-bond donors (Lipinski definition) is 1. The lowest BCUT2D eigenvalue weighted by atomic mass is 10.1. The highest BCUT2D eigenvalue weighted by Gasteiger charge is 2.21. The van der Waals surface area contributed by atoms with E-state index in [1.165, 1.54) is 5.57 Å². The molecule has 0 radical (unpaired) electrons. The third kappa shape index (κ3) is 6.27. The standard InChI is InChI=1S/C23H36N4O4/c1-24-23(25-8-5-18-6-13-31-14-7-18)27-11-9-26(10-12-27)17-19-15-20(28-2)22(30-4)21(16-19)29-3/h6,15-16H,5,7-14,17H2,1-4H3,(H,24,25). The number of nitrogens with one attached hydrogen (secondary N) is 1. The van der Waals surface area contributed by atoms with Gasteiger partial charge in [-0.1, -0.05) is 11.6 Å². The first kappa shape index (κ1) is 23.2. The highest BCUT2D eigenvalue weighted by molar-refractivity contribution is 5.80. The van der Waals surface area contributed by atoms with Crippen LogP contribution in [0.25, 0.3) is 0 Å². The maximum atomic E-state index is 5.49. The largest absolute Gasteiger partial charge is 0.493 e. The average Bonchev–Trinajstić information content (AvgIpc) is 2.82. The fraction of sp³-hybridized carbons (Fsp3) is 0.609. The molecular weight excluding hydrogens is 396 g/mol. The molecule has 0 spiro atoms. The summed E-state index contributed by atoms with van der Waals surface area (Å²) in [6.07, 6.45) is 4.29. The Balaban J connectivity index is 1.50. The van der Waals surface area contributed by atoms with E-state index >= 15 is 0 Å². The van der Waals surface area contributed by atoms with Crippen LogP contribution in [0, 0.1) is 0 Å². The topological polar surface area (TPSA) is 67.8 Å². The van der Waals surface area contributed by atoms with Gasteiger partial charge in [0.1, 0.15) is 0 Å². The fourth-order valence-electron chi connectivity index (χ4n) is 4.06. The number of rotatable bonds is 8. The van der Waals surface area contributed by atoms with E-state index in [4.69, 9.17) is 18.9 Å². The SMILES string of the molecule is CN=C(NCCC1=CCOCC1)N1CCN(Cc2cc(OC)c(OC)c(OC)c2)CC1. The summed E-state index contributed by atoms with van der Waals surface area (Å²) in [7, 11) is 6.78. The van der Waals surface area contributed by atoms with Crippen LogP contribution in [0.1, 0.15) is 18.4 Å². The lowest BCUT2D eigenvalue weighted by Gasteiger charge is -2.36. The van der Waals surface area contributed by atoms with Gasteiger partial charge in [0.2, 0.25) is 5.75 Å². The Morgan fingerprint density at radius 1 is 1.06 bits per heavy atom. The van der Waals surface area contributed by atoms with Gasteiger partial charge in [-0.25, -0.2) is 0 Å². The Labute approximate surface area is 185 Å². The molecule has 0 amide bonds. The number of aliphatic imine (C=N–C) groups is 1. The lowest BCUT2D eigenvalue weighted by molar-refractivity contribution is 0.153. The quantitative estimate of drug-likeness (QED) is 0.383. The summed E-state index contributed by atoms with van der Waals surface area (Å²) in [6, 6.07) is 4.05. The van der Waals surface area contributed by atoms with Gasteiger partial charge in [0.15, 0.2) is 17.5 Å². The number of benzene rings is 1. The summed E-state index contributed by atoms with van der Waals surface area (Å²) in [5, 5.41) is 3.52. The predicted octanol–water partition coefficient (Wildman–Crippen LogP) is 2.14. The molecule has 2 aliphatic heterocycles. The van der Waals surface area contributed by atoms with Crippen LogP contribution < -0.4 is 19.5 Å². The highest BCUT2D eigenvalue weighted by atomic mass is 16.5. The number of methoxy groups -OCH3 is 3. The maximum Gasteiger partial charge on any atom is 0.203 e. The van der Waals surface area contributed by atoms with Gasteiger partial charge in [0.25, 0.3) is 0 Å². The van der Waals surface area contributed by atoms with E-state index < -0.39 is 0 Å². The summed E-state index contributed by atoms with van der Waals surface area (Å²) < 4.78 is 21.8. The van der Waals surface area contributed by atoms with Crippen molar-refractivity contribution in [2.45, 2.75) is 19.4 Å². The number of guanidine groups is 1. The average molecular weight is 433 g/mol. The van der Waals surface area contributed by atoms with Crippen LogP contribution >= 0.6 is 0 Å². The second kappa shape index (κ2) is 11.8. The van der Waals surface area contributed by atoms with Crippen LogP contribution in [0.5, 0.6) is 17.2 Å². The predicted molar refractivity (Wildman–Crippen MR) is 122 cm³/mol. The minimum Gasteiger partial charge on any atom is -0.493 e. The van der Waals surface area contributed by atoms with Gasteiger partial charge < -0.3 is 29.2 Å². The molecule has 2 aliphatic rings. The van der Waals surface area contributed by atoms with Crippen molar-refractivity contribution in [3.05, 3.63) is 29.3 Å². The van der Waals surface area contributed by atoms with Crippen LogP contribution in [0.2, 0.25) is 0 Å². The molecule has 0 unspecified atom stereocenters. The normalized spacial score (nSPS) is 17.9. The number of hydrogen-bond acceptors (Lipinski definition) is 6. The van der Waals surface area contributed by atoms with Gasteiger partial charge in [-0.2, -0.15) is 0 Å². The second-order valence-corrected chi connectivity index (χ2v) is 7.71. The molecule has 2 heterocycles. The Bertz CT molecular complexity index is 748. The first-order valence-electron chi connectivity index (χ1n) is 10.9. The first-order valence-corrected chi connectivity index (χ1v) is 10.9. The number of nitrogens with zero attached hydrogens (tertiary/aromatic N) is 3. The summed E-state index contributed by atoms with van der Waals surface area (Å²) >= 11 is 0. The summed E-state index contributed by atoms with van der Waals surface area (Å²) in [6.45, 7) is 7.17. The zero-order valence-corrected chi connectivity index (χ0v) is 19.3. The van der Waals surface area contributed by atoms with E-state index in [-0.39, 0.29) is 0 Å². The molecule has 0 aliphatic carbocycles. The third-order valence-corrected chi connectivity index (χ3v) is 5.80. The van der Waals surface area contributed by atoms with Gasteiger partial charge in [-0.15, -0.1) is 0 Å². The van der Waals surface area contributed by atoms with Crippen LogP contribution in [-0.4, -0.2) is 90.1 Å². The van der Waals surface area contributed by atoms with Gasteiger partial charge in [0.05, 0.1) is 34.5 Å². The fourth-order valence-corrected chi connectivity index (χ4v) is 4.06. The van der Waals surface area contributed by atoms with Crippen LogP contribution in [0.3, 0.4) is 0 Å². The molecule has 0 atom stereocenters. The van der Waals surface area contributed by atoms with E-state index in [0.29, 0.717) is 17.2 Å². The van der Waals surface area contributed by atoms with E-state index in [1.54, 1.807) is 21.3 Å². The van der Waals surface area contributed by atoms with Gasteiger partial charge in [-0.3, -0.25) is 9.89 Å². The van der Waals surface area contributed by atoms with E-state index in [0.717, 1.165) is 76.8 Å². The molecule has 0 aromatic heterocycles. The van der Waals surface area contributed by atoms with Crippen molar-refractivity contribution in [1.82, 2.24) is 15.1 Å². The molecule has 1 aromatic rings. The van der Waals surface area contributed by atoms with Gasteiger partial charge in [0, 0.05) is 46.3 Å². The van der Waals surface area contributed by atoms with Crippen LogP contribution in [-0.2, 0) is 11.3 Å². The summed E-state index contributed by atoms with van der Waals surface area (Å²) in [4.78, 5) is 9.27. The van der Waals surface area contributed by atoms with E-state index in [9.17, 15) is 0 Å². The molecule has 172 valence electrons. The van der Waals surface area contributed by atoms with E-state index in [2.05, 4.69) is 26.2 Å². The Kier molecular flexibility index (Phi) is 8.85. The minimum absolute atomic E-state index is 0.630.